The summed E-state index contributed by atoms with van der Waals surface area (Å²) in [7, 11) is 1.76. The smallest absolute Gasteiger partial charge is 0.249 e. The Bertz CT molecular complexity index is 577. The second-order valence-electron chi connectivity index (χ2n) is 6.99. The minimum Gasteiger partial charge on any atom is -0.369 e. The van der Waals surface area contributed by atoms with Gasteiger partial charge in [-0.15, -0.1) is 0 Å². The molecule has 0 bridgehead atoms. The topological polar surface area (TPSA) is 75.9 Å². The molecule has 2 atom stereocenters. The molecule has 25 heavy (non-hydrogen) atoms. The third-order valence-electron chi connectivity index (χ3n) is 4.71. The highest BCUT2D eigenvalue weighted by Gasteiger charge is 2.35. The molecule has 1 aliphatic heterocycles. The van der Waals surface area contributed by atoms with Crippen LogP contribution in [0.5, 0.6) is 0 Å². The summed E-state index contributed by atoms with van der Waals surface area (Å²) in [5.41, 5.74) is 7.07. The normalized spacial score (nSPS) is 19.2. The predicted octanol–water partition coefficient (Wildman–Crippen LogP) is 1.25. The fourth-order valence-corrected chi connectivity index (χ4v) is 2.83. The van der Waals surface area contributed by atoms with E-state index >= 15 is 0 Å². The van der Waals surface area contributed by atoms with Gasteiger partial charge in [-0.25, -0.2) is 0 Å². The number of nitrogens with zero attached hydrogens (tertiary/aromatic N) is 2. The van der Waals surface area contributed by atoms with Gasteiger partial charge in [-0.05, 0) is 17.9 Å². The first-order chi connectivity index (χ1) is 11.9. The molecular weight excluding hydrogens is 318 g/mol. The van der Waals surface area contributed by atoms with Crippen LogP contribution in [0.25, 0.3) is 0 Å². The summed E-state index contributed by atoms with van der Waals surface area (Å²) in [5, 5.41) is 0. The van der Waals surface area contributed by atoms with Gasteiger partial charge in [0, 0.05) is 26.2 Å². The van der Waals surface area contributed by atoms with Gasteiger partial charge in [0.2, 0.25) is 11.8 Å². The summed E-state index contributed by atoms with van der Waals surface area (Å²) in [6, 6.07) is 9.17. The second-order valence-corrected chi connectivity index (χ2v) is 6.99. The molecule has 1 fully saturated rings. The van der Waals surface area contributed by atoms with Crippen LogP contribution >= 0.6 is 0 Å². The lowest BCUT2D eigenvalue weighted by Crippen LogP contribution is -2.56. The number of benzene rings is 1. The number of amides is 2. The summed E-state index contributed by atoms with van der Waals surface area (Å²) in [6.45, 7) is 5.39. The van der Waals surface area contributed by atoms with Gasteiger partial charge in [0.25, 0.3) is 0 Å². The van der Waals surface area contributed by atoms with Gasteiger partial charge in [-0.1, -0.05) is 44.2 Å². The molecule has 1 aromatic rings. The Morgan fingerprint density at radius 1 is 1.36 bits per heavy atom. The molecule has 1 aromatic carbocycles. The highest BCUT2D eigenvalue weighted by atomic mass is 16.5. The van der Waals surface area contributed by atoms with Crippen LogP contribution in [0.1, 0.15) is 25.8 Å². The third-order valence-corrected chi connectivity index (χ3v) is 4.71. The van der Waals surface area contributed by atoms with Crippen molar-refractivity contribution >= 4 is 11.8 Å². The monoisotopic (exact) mass is 347 g/mol. The minimum atomic E-state index is -0.582. The molecule has 0 radical (unpaired) electrons. The Labute approximate surface area is 149 Å². The highest BCUT2D eigenvalue weighted by Crippen LogP contribution is 2.16. The van der Waals surface area contributed by atoms with Crippen molar-refractivity contribution in [3.63, 3.8) is 0 Å². The summed E-state index contributed by atoms with van der Waals surface area (Å²) >= 11 is 0. The Morgan fingerprint density at radius 2 is 2.04 bits per heavy atom. The Balaban J connectivity index is 2.02. The summed E-state index contributed by atoms with van der Waals surface area (Å²) < 4.78 is 5.33. The Morgan fingerprint density at radius 3 is 2.68 bits per heavy atom. The van der Waals surface area contributed by atoms with Crippen LogP contribution in [0.3, 0.4) is 0 Å². The zero-order valence-corrected chi connectivity index (χ0v) is 15.4. The van der Waals surface area contributed by atoms with E-state index in [0.29, 0.717) is 19.0 Å². The van der Waals surface area contributed by atoms with E-state index in [2.05, 4.69) is 13.8 Å². The van der Waals surface area contributed by atoms with Crippen LogP contribution in [0.4, 0.5) is 0 Å². The van der Waals surface area contributed by atoms with Crippen molar-refractivity contribution in [2.75, 3.05) is 26.8 Å². The lowest BCUT2D eigenvalue weighted by Gasteiger charge is -2.36. The van der Waals surface area contributed by atoms with E-state index in [1.54, 1.807) is 16.8 Å². The van der Waals surface area contributed by atoms with Crippen LogP contribution in [0.15, 0.2) is 30.3 Å². The number of hydrogen-bond donors (Lipinski definition) is 1. The first-order valence-electron chi connectivity index (χ1n) is 8.82. The van der Waals surface area contributed by atoms with Gasteiger partial charge in [-0.2, -0.15) is 0 Å². The van der Waals surface area contributed by atoms with E-state index in [1.807, 2.05) is 30.3 Å². The fraction of sp³-hybridized carbons (Fsp3) is 0.579. The Hall–Kier alpha value is -1.92. The number of nitrogens with two attached hydrogens (primary N) is 1. The van der Waals surface area contributed by atoms with Crippen molar-refractivity contribution in [1.82, 2.24) is 9.80 Å². The number of morpholine rings is 1. The van der Waals surface area contributed by atoms with E-state index in [1.165, 1.54) is 0 Å². The van der Waals surface area contributed by atoms with Crippen molar-refractivity contribution in [3.05, 3.63) is 35.9 Å². The van der Waals surface area contributed by atoms with E-state index in [9.17, 15) is 9.59 Å². The number of hydrogen-bond acceptors (Lipinski definition) is 4. The molecule has 6 nitrogen and oxygen atoms in total. The quantitative estimate of drug-likeness (QED) is 0.805. The summed E-state index contributed by atoms with van der Waals surface area (Å²) in [4.78, 5) is 28.4. The molecule has 2 amide bonds. The summed E-state index contributed by atoms with van der Waals surface area (Å²) in [5.74, 6) is 0.123. The van der Waals surface area contributed by atoms with Crippen LogP contribution in [0.2, 0.25) is 0 Å². The van der Waals surface area contributed by atoms with Gasteiger partial charge >= 0.3 is 0 Å². The van der Waals surface area contributed by atoms with Crippen molar-refractivity contribution in [1.29, 1.82) is 0 Å². The maximum atomic E-state index is 12.8. The summed E-state index contributed by atoms with van der Waals surface area (Å²) in [6.07, 6.45) is 0.736. The second kappa shape index (κ2) is 8.97. The SMILES string of the molecule is CC(C)C(N)CCN(C)C(=O)[C@H]1COCC(=O)N1Cc1ccccc1. The maximum Gasteiger partial charge on any atom is 0.249 e. The lowest BCUT2D eigenvalue weighted by molar-refractivity contribution is -0.159. The van der Waals surface area contributed by atoms with Gasteiger partial charge in [0.1, 0.15) is 12.6 Å². The number of carbonyl (C=O) groups excluding carboxylic acids is 2. The fourth-order valence-electron chi connectivity index (χ4n) is 2.83. The van der Waals surface area contributed by atoms with Gasteiger partial charge in [0.15, 0.2) is 0 Å². The van der Waals surface area contributed by atoms with E-state index in [4.69, 9.17) is 10.5 Å². The molecule has 0 spiro atoms. The highest BCUT2D eigenvalue weighted by molar-refractivity contribution is 5.89. The van der Waals surface area contributed by atoms with Gasteiger partial charge in [0.05, 0.1) is 6.61 Å². The molecular formula is C19H29N3O3. The number of likely N-dealkylation sites (N-methyl/N-ethyl adjacent to an activating group) is 1. The zero-order chi connectivity index (χ0) is 18.4. The standard InChI is InChI=1S/C19H29N3O3/c1-14(2)16(20)9-10-21(3)19(24)17-12-25-13-18(23)22(17)11-15-7-5-4-6-8-15/h4-8,14,16-17H,9-13,20H2,1-3H3/t16?,17-/m1/s1. The molecule has 0 saturated carbocycles. The van der Waals surface area contributed by atoms with Crippen molar-refractivity contribution in [3.8, 4) is 0 Å². The average molecular weight is 347 g/mol. The van der Waals surface area contributed by atoms with Gasteiger partial charge in [-0.3, -0.25) is 9.59 Å². The first-order valence-corrected chi connectivity index (χ1v) is 8.82. The molecule has 2 rings (SSSR count). The molecule has 0 aliphatic carbocycles. The average Bonchev–Trinajstić information content (AvgIpc) is 2.61. The van der Waals surface area contributed by atoms with E-state index in [-0.39, 0.29) is 31.1 Å². The first kappa shape index (κ1) is 19.4. The van der Waals surface area contributed by atoms with E-state index in [0.717, 1.165) is 12.0 Å². The predicted molar refractivity (Wildman–Crippen MR) is 96.7 cm³/mol. The zero-order valence-electron chi connectivity index (χ0n) is 15.4. The van der Waals surface area contributed by atoms with Crippen molar-refractivity contribution in [2.24, 2.45) is 11.7 Å². The van der Waals surface area contributed by atoms with Crippen molar-refractivity contribution < 1.29 is 14.3 Å². The van der Waals surface area contributed by atoms with Crippen LogP contribution in [0, 0.1) is 5.92 Å². The van der Waals surface area contributed by atoms with Gasteiger partial charge < -0.3 is 20.3 Å². The largest absolute Gasteiger partial charge is 0.369 e. The lowest BCUT2D eigenvalue weighted by atomic mass is 10.0. The molecule has 0 aromatic heterocycles. The van der Waals surface area contributed by atoms with Crippen LogP contribution in [-0.4, -0.2) is 60.5 Å². The molecule has 1 heterocycles. The number of rotatable bonds is 7. The van der Waals surface area contributed by atoms with Crippen molar-refractivity contribution in [2.45, 2.75) is 38.9 Å². The molecule has 1 unspecified atom stereocenters. The maximum absolute atomic E-state index is 12.8. The molecule has 2 N–H and O–H groups in total. The number of carbonyl (C=O) groups is 2. The van der Waals surface area contributed by atoms with Crippen LogP contribution in [-0.2, 0) is 20.9 Å². The van der Waals surface area contributed by atoms with E-state index < -0.39 is 6.04 Å². The molecule has 1 saturated heterocycles. The van der Waals surface area contributed by atoms with Crippen LogP contribution < -0.4 is 5.73 Å². The molecule has 138 valence electrons. The third kappa shape index (κ3) is 5.28. The molecule has 6 heteroatoms. The molecule has 1 aliphatic rings. The minimum absolute atomic E-state index is 0.0263. The number of ether oxygens (including phenoxy) is 1. The Kier molecular flexibility index (Phi) is 6.96.